The molecule has 1 N–H and O–H groups in total. The molecule has 2 aliphatic heterocycles. The standard InChI is InChI=1S/C18H19N3O2S/c22-16-6-4-12-10-13(3-5-14(12)19-16)15-11-24-17(20-15)7-9-21-8-1-2-18(21)23/h3,5,10-11H,1-2,4,6-9H2,(H,19,22). The van der Waals surface area contributed by atoms with Gasteiger partial charge in [0, 0.05) is 49.0 Å². The van der Waals surface area contributed by atoms with Gasteiger partial charge in [0.05, 0.1) is 10.7 Å². The summed E-state index contributed by atoms with van der Waals surface area (Å²) in [4.78, 5) is 29.8. The maximum atomic E-state index is 11.7. The monoisotopic (exact) mass is 341 g/mol. The van der Waals surface area contributed by atoms with Crippen molar-refractivity contribution in [2.75, 3.05) is 18.4 Å². The molecule has 4 rings (SSSR count). The van der Waals surface area contributed by atoms with Gasteiger partial charge in [-0.15, -0.1) is 11.3 Å². The lowest BCUT2D eigenvalue weighted by Gasteiger charge is -2.17. The summed E-state index contributed by atoms with van der Waals surface area (Å²) in [7, 11) is 0. The number of carbonyl (C=O) groups is 2. The number of likely N-dealkylation sites (tertiary alicyclic amines) is 1. The zero-order chi connectivity index (χ0) is 16.5. The molecule has 0 spiro atoms. The Bertz CT molecular complexity index is 799. The second-order valence-corrected chi connectivity index (χ2v) is 7.22. The highest BCUT2D eigenvalue weighted by molar-refractivity contribution is 7.09. The van der Waals surface area contributed by atoms with Crippen LogP contribution in [0.25, 0.3) is 11.3 Å². The summed E-state index contributed by atoms with van der Waals surface area (Å²) in [5.41, 5.74) is 4.15. The zero-order valence-corrected chi connectivity index (χ0v) is 14.2. The lowest BCUT2D eigenvalue weighted by atomic mass is 9.99. The Morgan fingerprint density at radius 3 is 2.96 bits per heavy atom. The molecule has 6 heteroatoms. The number of thiazole rings is 1. The zero-order valence-electron chi connectivity index (χ0n) is 13.4. The number of anilines is 1. The fourth-order valence-electron chi connectivity index (χ4n) is 3.27. The van der Waals surface area contributed by atoms with Crippen molar-refractivity contribution in [3.05, 3.63) is 34.2 Å². The van der Waals surface area contributed by atoms with Crippen molar-refractivity contribution in [3.8, 4) is 11.3 Å². The van der Waals surface area contributed by atoms with Crippen molar-refractivity contribution in [1.29, 1.82) is 0 Å². The van der Waals surface area contributed by atoms with Gasteiger partial charge in [0.1, 0.15) is 0 Å². The molecular formula is C18H19N3O2S. The van der Waals surface area contributed by atoms with Crippen molar-refractivity contribution < 1.29 is 9.59 Å². The predicted molar refractivity (Wildman–Crippen MR) is 94.0 cm³/mol. The average molecular weight is 341 g/mol. The summed E-state index contributed by atoms with van der Waals surface area (Å²) in [6, 6.07) is 6.09. The second-order valence-electron chi connectivity index (χ2n) is 6.28. The minimum atomic E-state index is 0.0858. The van der Waals surface area contributed by atoms with E-state index < -0.39 is 0 Å². The van der Waals surface area contributed by atoms with Crippen LogP contribution in [0.5, 0.6) is 0 Å². The van der Waals surface area contributed by atoms with Crippen molar-refractivity contribution in [3.63, 3.8) is 0 Å². The Balaban J connectivity index is 1.46. The van der Waals surface area contributed by atoms with Gasteiger partial charge < -0.3 is 10.2 Å². The van der Waals surface area contributed by atoms with E-state index in [2.05, 4.69) is 16.8 Å². The van der Waals surface area contributed by atoms with Gasteiger partial charge in [0.25, 0.3) is 0 Å². The third-order valence-corrected chi connectivity index (χ3v) is 5.52. The number of hydrogen-bond donors (Lipinski definition) is 1. The van der Waals surface area contributed by atoms with E-state index in [1.807, 2.05) is 17.0 Å². The summed E-state index contributed by atoms with van der Waals surface area (Å²) in [6.07, 6.45) is 3.81. The Morgan fingerprint density at radius 1 is 1.21 bits per heavy atom. The van der Waals surface area contributed by atoms with E-state index in [0.29, 0.717) is 12.8 Å². The minimum absolute atomic E-state index is 0.0858. The second kappa shape index (κ2) is 6.36. The van der Waals surface area contributed by atoms with Crippen LogP contribution in [0.4, 0.5) is 5.69 Å². The third kappa shape index (κ3) is 3.06. The van der Waals surface area contributed by atoms with Crippen LogP contribution < -0.4 is 5.32 Å². The lowest BCUT2D eigenvalue weighted by molar-refractivity contribution is -0.127. The first-order valence-electron chi connectivity index (χ1n) is 8.34. The number of aryl methyl sites for hydroxylation is 1. The molecule has 124 valence electrons. The molecule has 2 aliphatic rings. The number of rotatable bonds is 4. The molecule has 0 bridgehead atoms. The fourth-order valence-corrected chi connectivity index (χ4v) is 4.07. The Kier molecular flexibility index (Phi) is 4.06. The van der Waals surface area contributed by atoms with Gasteiger partial charge in [-0.05, 0) is 30.5 Å². The SMILES string of the molecule is O=C1CCc2cc(-c3csc(CCN4CCCC4=O)n3)ccc2N1. The number of amides is 2. The molecule has 1 fully saturated rings. The van der Waals surface area contributed by atoms with Crippen LogP contribution in [-0.4, -0.2) is 34.8 Å². The normalized spacial score (nSPS) is 17.1. The van der Waals surface area contributed by atoms with Gasteiger partial charge in [0.15, 0.2) is 0 Å². The van der Waals surface area contributed by atoms with Crippen LogP contribution in [-0.2, 0) is 22.4 Å². The van der Waals surface area contributed by atoms with Gasteiger partial charge in [0.2, 0.25) is 11.8 Å². The molecular weight excluding hydrogens is 322 g/mol. The topological polar surface area (TPSA) is 62.3 Å². The summed E-state index contributed by atoms with van der Waals surface area (Å²) < 4.78 is 0. The molecule has 2 aromatic rings. The Hall–Kier alpha value is -2.21. The molecule has 5 nitrogen and oxygen atoms in total. The van der Waals surface area contributed by atoms with Crippen molar-refractivity contribution in [1.82, 2.24) is 9.88 Å². The average Bonchev–Trinajstić information content (AvgIpc) is 3.21. The molecule has 0 radical (unpaired) electrons. The largest absolute Gasteiger partial charge is 0.342 e. The molecule has 0 aliphatic carbocycles. The fraction of sp³-hybridized carbons (Fsp3) is 0.389. The number of aromatic nitrogens is 1. The van der Waals surface area contributed by atoms with E-state index in [-0.39, 0.29) is 11.8 Å². The highest BCUT2D eigenvalue weighted by Crippen LogP contribution is 2.29. The molecule has 1 aromatic heterocycles. The summed E-state index contributed by atoms with van der Waals surface area (Å²) in [5, 5.41) is 6.04. The first-order valence-corrected chi connectivity index (χ1v) is 9.22. The van der Waals surface area contributed by atoms with Crippen LogP contribution in [0.15, 0.2) is 23.6 Å². The number of hydrogen-bond acceptors (Lipinski definition) is 4. The van der Waals surface area contributed by atoms with Crippen molar-refractivity contribution in [2.24, 2.45) is 0 Å². The van der Waals surface area contributed by atoms with E-state index in [1.165, 1.54) is 5.56 Å². The van der Waals surface area contributed by atoms with E-state index >= 15 is 0 Å². The van der Waals surface area contributed by atoms with Gasteiger partial charge >= 0.3 is 0 Å². The van der Waals surface area contributed by atoms with Gasteiger partial charge in [-0.1, -0.05) is 6.07 Å². The van der Waals surface area contributed by atoms with Crippen LogP contribution in [0.1, 0.15) is 29.8 Å². The van der Waals surface area contributed by atoms with E-state index in [1.54, 1.807) is 11.3 Å². The number of carbonyl (C=O) groups excluding carboxylic acids is 2. The molecule has 2 amide bonds. The summed E-state index contributed by atoms with van der Waals surface area (Å²) >= 11 is 1.65. The van der Waals surface area contributed by atoms with Crippen molar-refractivity contribution in [2.45, 2.75) is 32.1 Å². The first kappa shape index (κ1) is 15.3. The molecule has 0 atom stereocenters. The quantitative estimate of drug-likeness (QED) is 0.930. The van der Waals surface area contributed by atoms with E-state index in [4.69, 9.17) is 4.98 Å². The Labute approximate surface area is 144 Å². The maximum absolute atomic E-state index is 11.7. The number of nitrogens with one attached hydrogen (secondary N) is 1. The summed E-state index contributed by atoms with van der Waals surface area (Å²) in [5.74, 6) is 0.353. The maximum Gasteiger partial charge on any atom is 0.224 e. The number of nitrogens with zero attached hydrogens (tertiary/aromatic N) is 2. The molecule has 1 saturated heterocycles. The lowest BCUT2D eigenvalue weighted by Crippen LogP contribution is -2.26. The molecule has 1 aromatic carbocycles. The number of benzene rings is 1. The molecule has 0 saturated carbocycles. The van der Waals surface area contributed by atoms with E-state index in [0.717, 1.165) is 54.3 Å². The predicted octanol–water partition coefficient (Wildman–Crippen LogP) is 2.86. The molecule has 3 heterocycles. The van der Waals surface area contributed by atoms with Crippen molar-refractivity contribution >= 4 is 28.8 Å². The smallest absolute Gasteiger partial charge is 0.224 e. The van der Waals surface area contributed by atoms with Gasteiger partial charge in [-0.3, -0.25) is 9.59 Å². The van der Waals surface area contributed by atoms with Crippen LogP contribution >= 0.6 is 11.3 Å². The summed E-state index contributed by atoms with van der Waals surface area (Å²) in [6.45, 7) is 1.65. The molecule has 24 heavy (non-hydrogen) atoms. The van der Waals surface area contributed by atoms with Crippen LogP contribution in [0.2, 0.25) is 0 Å². The van der Waals surface area contributed by atoms with E-state index in [9.17, 15) is 9.59 Å². The van der Waals surface area contributed by atoms with Gasteiger partial charge in [-0.2, -0.15) is 0 Å². The Morgan fingerprint density at radius 2 is 2.12 bits per heavy atom. The van der Waals surface area contributed by atoms with Crippen LogP contribution in [0, 0.1) is 0 Å². The molecule has 0 unspecified atom stereocenters. The van der Waals surface area contributed by atoms with Crippen LogP contribution in [0.3, 0.4) is 0 Å². The third-order valence-electron chi connectivity index (χ3n) is 4.62. The minimum Gasteiger partial charge on any atom is -0.342 e. The highest BCUT2D eigenvalue weighted by Gasteiger charge is 2.20. The first-order chi connectivity index (χ1) is 11.7. The highest BCUT2D eigenvalue weighted by atomic mass is 32.1. The van der Waals surface area contributed by atoms with Gasteiger partial charge in [-0.25, -0.2) is 4.98 Å². The number of fused-ring (bicyclic) bond motifs is 1.